The Hall–Kier alpha value is -1.71. The number of alkyl halides is 1. The van der Waals surface area contributed by atoms with Gasteiger partial charge in [0.2, 0.25) is 0 Å². The number of ether oxygens (including phenoxy) is 2. The molecule has 3 nitrogen and oxygen atoms in total. The quantitative estimate of drug-likeness (QED) is 0.411. The summed E-state index contributed by atoms with van der Waals surface area (Å²) in [5.41, 5.74) is 6.32. The van der Waals surface area contributed by atoms with Gasteiger partial charge in [-0.3, -0.25) is 0 Å². The van der Waals surface area contributed by atoms with Crippen molar-refractivity contribution in [1.29, 1.82) is 0 Å². The lowest BCUT2D eigenvalue weighted by Crippen LogP contribution is -2.24. The standard InChI is InChI=1S/C27H39ClO2.H3N/c1-10-22-18(3)19(4)23(16-28)25(24(22)29-11-2)30-21-14-12-20(13-15-21)27(8,9)17-26(5,6)7;/h12-15H,10-11,16-17H2,1-9H3;1H3. The molecule has 2 aromatic rings. The second-order valence-corrected chi connectivity index (χ2v) is 10.3. The SMILES string of the molecule is CCOc1c(CC)c(C)c(C)c(CCl)c1Oc1ccc(C(C)(C)CC(C)(C)C)cc1.N. The van der Waals surface area contributed by atoms with Gasteiger partial charge in [-0.05, 0) is 73.3 Å². The van der Waals surface area contributed by atoms with Gasteiger partial charge in [0.25, 0.3) is 0 Å². The van der Waals surface area contributed by atoms with E-state index in [1.165, 1.54) is 22.3 Å². The van der Waals surface area contributed by atoms with Gasteiger partial charge < -0.3 is 15.6 Å². The third kappa shape index (κ3) is 6.40. The maximum absolute atomic E-state index is 6.42. The fourth-order valence-electron chi connectivity index (χ4n) is 4.58. The monoisotopic (exact) mass is 447 g/mol. The van der Waals surface area contributed by atoms with Crippen molar-refractivity contribution in [3.8, 4) is 17.2 Å². The fraction of sp³-hybridized carbons (Fsp3) is 0.556. The molecule has 0 unspecified atom stereocenters. The second kappa shape index (κ2) is 10.7. The molecule has 0 radical (unpaired) electrons. The van der Waals surface area contributed by atoms with Crippen molar-refractivity contribution < 1.29 is 9.47 Å². The van der Waals surface area contributed by atoms with E-state index in [0.29, 0.717) is 12.5 Å². The molecule has 0 amide bonds. The normalized spacial score (nSPS) is 11.8. The first-order chi connectivity index (χ1) is 13.9. The lowest BCUT2D eigenvalue weighted by molar-refractivity contribution is 0.284. The minimum Gasteiger partial charge on any atom is -0.490 e. The molecular formula is C27H42ClNO2. The molecule has 0 saturated carbocycles. The molecule has 0 saturated heterocycles. The second-order valence-electron chi connectivity index (χ2n) is 10.0. The van der Waals surface area contributed by atoms with E-state index in [1.54, 1.807) is 0 Å². The van der Waals surface area contributed by atoms with Crippen molar-refractivity contribution >= 4 is 11.6 Å². The Bertz CT molecular complexity index is 865. The van der Waals surface area contributed by atoms with Crippen LogP contribution in [0, 0.1) is 19.3 Å². The molecule has 3 N–H and O–H groups in total. The van der Waals surface area contributed by atoms with Gasteiger partial charge in [0.1, 0.15) is 5.75 Å². The van der Waals surface area contributed by atoms with E-state index >= 15 is 0 Å². The number of benzene rings is 2. The number of rotatable bonds is 8. The Morgan fingerprint density at radius 3 is 1.84 bits per heavy atom. The summed E-state index contributed by atoms with van der Waals surface area (Å²) < 4.78 is 12.5. The van der Waals surface area contributed by atoms with E-state index in [1.807, 2.05) is 6.92 Å². The smallest absolute Gasteiger partial charge is 0.174 e. The van der Waals surface area contributed by atoms with E-state index in [9.17, 15) is 0 Å². The summed E-state index contributed by atoms with van der Waals surface area (Å²) in [6.07, 6.45) is 2.00. The molecule has 0 aliphatic carbocycles. The Balaban J connectivity index is 0.00000480. The molecule has 0 fully saturated rings. The molecular weight excluding hydrogens is 406 g/mol. The van der Waals surface area contributed by atoms with E-state index in [0.717, 1.165) is 35.7 Å². The first-order valence-electron chi connectivity index (χ1n) is 11.1. The fourth-order valence-corrected chi connectivity index (χ4v) is 4.90. The average Bonchev–Trinajstić information content (AvgIpc) is 2.65. The minimum absolute atomic E-state index is 0. The van der Waals surface area contributed by atoms with Crippen LogP contribution in [0.3, 0.4) is 0 Å². The summed E-state index contributed by atoms with van der Waals surface area (Å²) in [6, 6.07) is 8.50. The largest absolute Gasteiger partial charge is 0.490 e. The topological polar surface area (TPSA) is 53.5 Å². The summed E-state index contributed by atoms with van der Waals surface area (Å²) in [5.74, 6) is 2.79. The molecule has 0 bridgehead atoms. The molecule has 0 heterocycles. The summed E-state index contributed by atoms with van der Waals surface area (Å²) >= 11 is 6.35. The molecule has 0 aliphatic rings. The van der Waals surface area contributed by atoms with Crippen LogP contribution in [0.4, 0.5) is 0 Å². The Morgan fingerprint density at radius 2 is 1.39 bits per heavy atom. The highest BCUT2D eigenvalue weighted by Crippen LogP contribution is 2.44. The zero-order valence-electron chi connectivity index (χ0n) is 21.0. The minimum atomic E-state index is 0. The van der Waals surface area contributed by atoms with Crippen LogP contribution in [-0.2, 0) is 17.7 Å². The van der Waals surface area contributed by atoms with E-state index in [-0.39, 0.29) is 17.0 Å². The van der Waals surface area contributed by atoms with E-state index < -0.39 is 0 Å². The highest BCUT2D eigenvalue weighted by atomic mass is 35.5. The van der Waals surface area contributed by atoms with Gasteiger partial charge in [-0.25, -0.2) is 0 Å². The number of halogens is 1. The predicted octanol–water partition coefficient (Wildman–Crippen LogP) is 8.67. The zero-order valence-corrected chi connectivity index (χ0v) is 21.8. The lowest BCUT2D eigenvalue weighted by atomic mass is 9.72. The zero-order chi connectivity index (χ0) is 22.7. The van der Waals surface area contributed by atoms with Crippen LogP contribution in [0.2, 0.25) is 0 Å². The predicted molar refractivity (Wildman–Crippen MR) is 135 cm³/mol. The van der Waals surface area contributed by atoms with Crippen LogP contribution >= 0.6 is 11.6 Å². The Labute approximate surface area is 195 Å². The summed E-state index contributed by atoms with van der Waals surface area (Å²) in [7, 11) is 0. The molecule has 4 heteroatoms. The third-order valence-corrected chi connectivity index (χ3v) is 6.09. The number of hydrogen-bond donors (Lipinski definition) is 1. The Kier molecular flexibility index (Phi) is 9.47. The van der Waals surface area contributed by atoms with Crippen LogP contribution in [-0.4, -0.2) is 6.61 Å². The van der Waals surface area contributed by atoms with Gasteiger partial charge in [0, 0.05) is 11.1 Å². The van der Waals surface area contributed by atoms with Gasteiger partial charge in [0.15, 0.2) is 11.5 Å². The van der Waals surface area contributed by atoms with Crippen molar-refractivity contribution in [2.75, 3.05) is 6.61 Å². The maximum atomic E-state index is 6.42. The average molecular weight is 448 g/mol. The van der Waals surface area contributed by atoms with Crippen LogP contribution in [0.25, 0.3) is 0 Å². The molecule has 0 spiro atoms. The van der Waals surface area contributed by atoms with Gasteiger partial charge in [-0.15, -0.1) is 11.6 Å². The van der Waals surface area contributed by atoms with Gasteiger partial charge in [-0.1, -0.05) is 53.7 Å². The van der Waals surface area contributed by atoms with E-state index in [4.69, 9.17) is 21.1 Å². The van der Waals surface area contributed by atoms with Crippen molar-refractivity contribution in [3.63, 3.8) is 0 Å². The maximum Gasteiger partial charge on any atom is 0.174 e. The third-order valence-electron chi connectivity index (χ3n) is 5.83. The molecule has 0 aliphatic heterocycles. The number of hydrogen-bond acceptors (Lipinski definition) is 3. The molecule has 0 atom stereocenters. The first-order valence-corrected chi connectivity index (χ1v) is 11.6. The summed E-state index contributed by atoms with van der Waals surface area (Å²) in [6.45, 7) is 20.5. The molecule has 2 rings (SSSR count). The van der Waals surface area contributed by atoms with Crippen molar-refractivity contribution in [2.24, 2.45) is 5.41 Å². The Morgan fingerprint density at radius 1 is 0.839 bits per heavy atom. The van der Waals surface area contributed by atoms with Crippen LogP contribution < -0.4 is 15.6 Å². The first kappa shape index (κ1) is 27.3. The van der Waals surface area contributed by atoms with Crippen molar-refractivity contribution in [1.82, 2.24) is 6.15 Å². The van der Waals surface area contributed by atoms with Crippen LogP contribution in [0.15, 0.2) is 24.3 Å². The molecule has 2 aromatic carbocycles. The summed E-state index contributed by atoms with van der Waals surface area (Å²) in [5, 5.41) is 0. The lowest BCUT2D eigenvalue weighted by Gasteiger charge is -2.33. The van der Waals surface area contributed by atoms with Crippen LogP contribution in [0.5, 0.6) is 17.2 Å². The van der Waals surface area contributed by atoms with Gasteiger partial charge in [0.05, 0.1) is 12.5 Å². The summed E-state index contributed by atoms with van der Waals surface area (Å²) in [4.78, 5) is 0. The molecule has 174 valence electrons. The highest BCUT2D eigenvalue weighted by Gasteiger charge is 2.27. The molecule has 31 heavy (non-hydrogen) atoms. The van der Waals surface area contributed by atoms with Crippen molar-refractivity contribution in [3.05, 3.63) is 52.1 Å². The molecule has 0 aromatic heterocycles. The van der Waals surface area contributed by atoms with Crippen LogP contribution in [0.1, 0.15) is 82.7 Å². The van der Waals surface area contributed by atoms with E-state index in [2.05, 4.69) is 79.7 Å². The van der Waals surface area contributed by atoms with Gasteiger partial charge >= 0.3 is 0 Å². The van der Waals surface area contributed by atoms with Crippen molar-refractivity contribution in [2.45, 2.75) is 86.5 Å². The van der Waals surface area contributed by atoms with Gasteiger partial charge in [-0.2, -0.15) is 0 Å². The highest BCUT2D eigenvalue weighted by molar-refractivity contribution is 6.17.